The van der Waals surface area contributed by atoms with Crippen LogP contribution in [0.25, 0.3) is 0 Å². The molecule has 0 fully saturated rings. The fourth-order valence-corrected chi connectivity index (χ4v) is 0.534. The molecule has 0 spiro atoms. The van der Waals surface area contributed by atoms with Crippen LogP contribution in [0.5, 0.6) is 0 Å². The second-order valence-corrected chi connectivity index (χ2v) is 6.35. The van der Waals surface area contributed by atoms with Gasteiger partial charge in [0.2, 0.25) is 0 Å². The molecule has 0 N–H and O–H groups in total. The third-order valence-corrected chi connectivity index (χ3v) is 2.07. The molecule has 0 saturated heterocycles. The smallest absolute Gasteiger partial charge is 0.134 e. The lowest BCUT2D eigenvalue weighted by Crippen LogP contribution is -1.80. The van der Waals surface area contributed by atoms with Gasteiger partial charge >= 0.3 is 7.42 Å². The summed E-state index contributed by atoms with van der Waals surface area (Å²) in [5, 5.41) is 0. The van der Waals surface area contributed by atoms with Crippen LogP contribution in [0.1, 0.15) is 5.56 Å². The number of hydrogen-bond donors (Lipinski definition) is 0. The van der Waals surface area contributed by atoms with E-state index in [1.165, 1.54) is 5.56 Å². The van der Waals surface area contributed by atoms with E-state index in [9.17, 15) is 0 Å². The average Bonchev–Trinajstić information content (AvgIpc) is 2.07. The minimum absolute atomic E-state index is 1.32. The Hall–Kier alpha value is -0.423. The van der Waals surface area contributed by atoms with Gasteiger partial charge in [0.05, 0.1) is 0 Å². The number of rotatable bonds is 0. The van der Waals surface area contributed by atoms with E-state index in [4.69, 9.17) is 28.6 Å². The van der Waals surface area contributed by atoms with E-state index >= 15 is 0 Å². The summed E-state index contributed by atoms with van der Waals surface area (Å²) < 4.78 is 0. The largest absolute Gasteiger partial charge is 0.309 e. The van der Waals surface area contributed by atoms with Crippen LogP contribution in [0.3, 0.4) is 0 Å². The molecule has 0 unspecified atom stereocenters. The number of halogens is 2. The highest BCUT2D eigenvalue weighted by atomic mass is 35.7. The highest BCUT2D eigenvalue weighted by Crippen LogP contribution is 1.92. The molecule has 0 radical (unpaired) electrons. The van der Waals surface area contributed by atoms with Crippen LogP contribution in [0, 0.1) is 18.9 Å². The van der Waals surface area contributed by atoms with E-state index in [2.05, 4.69) is 24.6 Å². The molecule has 1 aromatic carbocycles. The number of aryl methyl sites for hydroxylation is 1. The Morgan fingerprint density at radius 3 is 1.83 bits per heavy atom. The molecule has 64 valence electrons. The van der Waals surface area contributed by atoms with E-state index < -0.39 is 7.42 Å². The van der Waals surface area contributed by atoms with Gasteiger partial charge in [-0.3, -0.25) is 0 Å². The van der Waals surface area contributed by atoms with Crippen LogP contribution in [-0.4, -0.2) is 7.42 Å². The Labute approximate surface area is 84.5 Å². The zero-order valence-corrected chi connectivity index (χ0v) is 9.46. The van der Waals surface area contributed by atoms with E-state index in [0.29, 0.717) is 0 Å². The Kier molecular flexibility index (Phi) is 6.98. The van der Waals surface area contributed by atoms with Gasteiger partial charge in [0.1, 0.15) is 0 Å². The molecular formula is C9H10Cl2Si. The predicted octanol–water partition coefficient (Wildman–Crippen LogP) is 2.85. The summed E-state index contributed by atoms with van der Waals surface area (Å²) in [7, 11) is -1.68. The van der Waals surface area contributed by atoms with Gasteiger partial charge in [0, 0.05) is 0 Å². The molecule has 12 heavy (non-hydrogen) atoms. The van der Waals surface area contributed by atoms with Crippen molar-refractivity contribution in [3.8, 4) is 12.0 Å². The van der Waals surface area contributed by atoms with E-state index in [1.807, 2.05) is 18.2 Å². The lowest BCUT2D eigenvalue weighted by atomic mass is 10.2. The van der Waals surface area contributed by atoms with Crippen molar-refractivity contribution in [1.29, 1.82) is 0 Å². The van der Waals surface area contributed by atoms with Crippen molar-refractivity contribution in [2.45, 2.75) is 6.92 Å². The van der Waals surface area contributed by atoms with Crippen LogP contribution in [0.2, 0.25) is 0 Å². The third-order valence-electron chi connectivity index (χ3n) is 1.07. The first-order chi connectivity index (χ1) is 5.66. The molecule has 0 bridgehead atoms. The monoisotopic (exact) mass is 216 g/mol. The zero-order valence-electron chi connectivity index (χ0n) is 6.80. The first-order valence-electron chi connectivity index (χ1n) is 3.42. The third kappa shape index (κ3) is 7.68. The summed E-state index contributed by atoms with van der Waals surface area (Å²) in [5.74, 6) is 0. The molecule has 0 atom stereocenters. The number of terminal acetylenes is 1. The summed E-state index contributed by atoms with van der Waals surface area (Å²) in [4.78, 5) is 0. The van der Waals surface area contributed by atoms with Crippen molar-refractivity contribution in [3.63, 3.8) is 0 Å². The van der Waals surface area contributed by atoms with Crippen LogP contribution in [0.15, 0.2) is 30.3 Å². The van der Waals surface area contributed by atoms with Gasteiger partial charge in [-0.2, -0.15) is 0 Å². The van der Waals surface area contributed by atoms with Gasteiger partial charge in [0.25, 0.3) is 0 Å². The van der Waals surface area contributed by atoms with Crippen LogP contribution in [-0.2, 0) is 0 Å². The average molecular weight is 217 g/mol. The SMILES string of the molecule is C#C[SiH](Cl)Cl.Cc1ccccc1. The fraction of sp³-hybridized carbons (Fsp3) is 0.111. The van der Waals surface area contributed by atoms with Crippen LogP contribution in [0.4, 0.5) is 0 Å². The van der Waals surface area contributed by atoms with Crippen molar-refractivity contribution in [3.05, 3.63) is 35.9 Å². The maximum atomic E-state index is 5.13. The Bertz CT molecular complexity index is 238. The van der Waals surface area contributed by atoms with Gasteiger partial charge in [-0.05, 0) is 6.92 Å². The van der Waals surface area contributed by atoms with Gasteiger partial charge in [-0.1, -0.05) is 35.9 Å². The highest BCUT2D eigenvalue weighted by Gasteiger charge is 1.87. The van der Waals surface area contributed by atoms with Crippen LogP contribution < -0.4 is 0 Å². The summed E-state index contributed by atoms with van der Waals surface area (Å²) in [5.41, 5.74) is 3.52. The van der Waals surface area contributed by atoms with Crippen LogP contribution >= 0.6 is 22.2 Å². The molecule has 0 amide bonds. The standard InChI is InChI=1S/C7H8.C2H2Cl2Si/c1-7-5-3-2-4-6-7;1-2-5(3)4/h2-6H,1H3;1,5H. The Balaban J connectivity index is 0.000000217. The number of hydrogen-bond acceptors (Lipinski definition) is 0. The second-order valence-electron chi connectivity index (χ2n) is 2.12. The minimum atomic E-state index is -1.68. The minimum Gasteiger partial charge on any atom is -0.134 e. The van der Waals surface area contributed by atoms with Crippen molar-refractivity contribution in [1.82, 2.24) is 0 Å². The molecule has 0 heterocycles. The second kappa shape index (κ2) is 7.24. The topological polar surface area (TPSA) is 0 Å². The van der Waals surface area contributed by atoms with Gasteiger partial charge in [-0.15, -0.1) is 34.1 Å². The maximum Gasteiger partial charge on any atom is 0.309 e. The number of benzene rings is 1. The highest BCUT2D eigenvalue weighted by molar-refractivity contribution is 7.37. The first-order valence-corrected chi connectivity index (χ1v) is 7.49. The van der Waals surface area contributed by atoms with Crippen molar-refractivity contribution < 1.29 is 0 Å². The van der Waals surface area contributed by atoms with Gasteiger partial charge < -0.3 is 0 Å². The molecule has 3 heteroatoms. The summed E-state index contributed by atoms with van der Waals surface area (Å²) in [6.45, 7) is 2.08. The Morgan fingerprint density at radius 2 is 1.67 bits per heavy atom. The quantitative estimate of drug-likeness (QED) is 0.356. The molecule has 1 rings (SSSR count). The first kappa shape index (κ1) is 11.6. The van der Waals surface area contributed by atoms with Gasteiger partial charge in [0.15, 0.2) is 0 Å². The molecule has 0 aliphatic heterocycles. The molecule has 0 aliphatic rings. The normalized spacial score (nSPS) is 8.25. The van der Waals surface area contributed by atoms with E-state index in [0.717, 1.165) is 0 Å². The van der Waals surface area contributed by atoms with Gasteiger partial charge in [-0.25, -0.2) is 0 Å². The molecule has 0 saturated carbocycles. The molecule has 0 aromatic heterocycles. The van der Waals surface area contributed by atoms with E-state index in [1.54, 1.807) is 0 Å². The molecule has 0 nitrogen and oxygen atoms in total. The summed E-state index contributed by atoms with van der Waals surface area (Å²) >= 11 is 10.3. The van der Waals surface area contributed by atoms with Crippen molar-refractivity contribution in [2.24, 2.45) is 0 Å². The predicted molar refractivity (Wildman–Crippen MR) is 58.9 cm³/mol. The van der Waals surface area contributed by atoms with Crippen molar-refractivity contribution in [2.75, 3.05) is 0 Å². The molecule has 0 aliphatic carbocycles. The summed E-state index contributed by atoms with van der Waals surface area (Å²) in [6.07, 6.45) is 4.72. The summed E-state index contributed by atoms with van der Waals surface area (Å²) in [6, 6.07) is 10.3. The molecule has 1 aromatic rings. The molecular weight excluding hydrogens is 207 g/mol. The lowest BCUT2D eigenvalue weighted by Gasteiger charge is -1.82. The zero-order chi connectivity index (χ0) is 9.40. The fourth-order valence-electron chi connectivity index (χ4n) is 0.534. The lowest BCUT2D eigenvalue weighted by molar-refractivity contribution is 1.48. The Morgan fingerprint density at radius 1 is 1.25 bits per heavy atom. The van der Waals surface area contributed by atoms with Crippen molar-refractivity contribution >= 4 is 29.6 Å². The maximum absolute atomic E-state index is 5.13. The van der Waals surface area contributed by atoms with E-state index in [-0.39, 0.29) is 0 Å².